The van der Waals surface area contributed by atoms with Gasteiger partial charge in [-0.05, 0) is 31.5 Å². The number of hydrogen-bond acceptors (Lipinski definition) is 6. The number of likely N-dealkylation sites (tertiary alicyclic amines) is 1. The minimum atomic E-state index is -0.472. The molecule has 24 heavy (non-hydrogen) atoms. The van der Waals surface area contributed by atoms with Crippen LogP contribution in [0.25, 0.3) is 0 Å². The largest absolute Gasteiger partial charge is 0.463 e. The Morgan fingerprint density at radius 3 is 2.79 bits per heavy atom. The van der Waals surface area contributed by atoms with Gasteiger partial charge in [-0.3, -0.25) is 9.69 Å². The van der Waals surface area contributed by atoms with Crippen molar-refractivity contribution in [3.8, 4) is 0 Å². The molecule has 0 saturated carbocycles. The first-order chi connectivity index (χ1) is 11.7. The predicted octanol–water partition coefficient (Wildman–Crippen LogP) is 1.14. The fourth-order valence-electron chi connectivity index (χ4n) is 3.34. The first-order valence-electron chi connectivity index (χ1n) is 8.43. The molecule has 0 bridgehead atoms. The molecule has 2 saturated heterocycles. The van der Waals surface area contributed by atoms with E-state index < -0.39 is 5.97 Å². The van der Waals surface area contributed by atoms with E-state index in [9.17, 15) is 9.59 Å². The van der Waals surface area contributed by atoms with Gasteiger partial charge in [0.1, 0.15) is 5.76 Å². The number of amides is 1. The van der Waals surface area contributed by atoms with Crippen LogP contribution in [0.15, 0.2) is 16.5 Å². The lowest BCUT2D eigenvalue weighted by Gasteiger charge is -2.35. The number of nitrogens with zero attached hydrogens (tertiary/aromatic N) is 2. The minimum absolute atomic E-state index is 0.0342. The highest BCUT2D eigenvalue weighted by atomic mass is 16.5. The molecular weight excluding hydrogens is 312 g/mol. The van der Waals surface area contributed by atoms with Gasteiger partial charge in [0.2, 0.25) is 11.7 Å². The Labute approximate surface area is 141 Å². The second kappa shape index (κ2) is 7.81. The Bertz CT molecular complexity index is 579. The van der Waals surface area contributed by atoms with Gasteiger partial charge in [0.25, 0.3) is 0 Å². The molecule has 1 aromatic rings. The monoisotopic (exact) mass is 336 g/mol. The van der Waals surface area contributed by atoms with Gasteiger partial charge < -0.3 is 18.8 Å². The molecule has 3 rings (SSSR count). The van der Waals surface area contributed by atoms with Crippen molar-refractivity contribution in [3.05, 3.63) is 23.7 Å². The summed E-state index contributed by atoms with van der Waals surface area (Å²) in [6.45, 7) is 4.90. The van der Waals surface area contributed by atoms with Crippen LogP contribution in [-0.2, 0) is 20.8 Å². The van der Waals surface area contributed by atoms with E-state index in [4.69, 9.17) is 9.15 Å². The maximum Gasteiger partial charge on any atom is 0.373 e. The Balaban J connectivity index is 1.56. The quantitative estimate of drug-likeness (QED) is 0.768. The van der Waals surface area contributed by atoms with Gasteiger partial charge in [-0.15, -0.1) is 0 Å². The highest BCUT2D eigenvalue weighted by Crippen LogP contribution is 2.22. The lowest BCUT2D eigenvalue weighted by Crippen LogP contribution is -2.48. The number of morpholine rings is 1. The summed E-state index contributed by atoms with van der Waals surface area (Å²) in [5.41, 5.74) is 0. The van der Waals surface area contributed by atoms with E-state index in [0.29, 0.717) is 32.8 Å². The van der Waals surface area contributed by atoms with Crippen molar-refractivity contribution in [2.75, 3.05) is 46.5 Å². The normalized spacial score (nSPS) is 22.4. The Kier molecular flexibility index (Phi) is 5.52. The molecular formula is C17H24N2O5. The van der Waals surface area contributed by atoms with E-state index in [0.717, 1.165) is 31.7 Å². The average molecular weight is 336 g/mol. The third kappa shape index (κ3) is 3.96. The highest BCUT2D eigenvalue weighted by Gasteiger charge is 2.30. The number of furan rings is 1. The number of carbonyl (C=O) groups excluding carboxylic acids is 2. The second-order valence-electron chi connectivity index (χ2n) is 6.27. The van der Waals surface area contributed by atoms with Crippen molar-refractivity contribution in [2.24, 2.45) is 5.92 Å². The molecule has 0 radical (unpaired) electrons. The molecule has 3 heterocycles. The standard InChI is InChI=1S/C17H24N2O5/c1-22-17(21)15-5-4-14(24-15)12-18-6-2-3-13(11-18)16(20)19-7-9-23-10-8-19/h4-5,13H,2-3,6-12H2,1H3. The molecule has 2 fully saturated rings. The molecule has 0 aliphatic carbocycles. The van der Waals surface area contributed by atoms with Crippen LogP contribution in [0.1, 0.15) is 29.2 Å². The summed E-state index contributed by atoms with van der Waals surface area (Å²) in [5.74, 6) is 0.727. The zero-order valence-electron chi connectivity index (χ0n) is 14.0. The SMILES string of the molecule is COC(=O)c1ccc(CN2CCCC(C(=O)N3CCOCC3)C2)o1. The molecule has 1 amide bonds. The third-order valence-corrected chi connectivity index (χ3v) is 4.61. The number of methoxy groups -OCH3 is 1. The molecule has 7 nitrogen and oxygen atoms in total. The molecule has 0 N–H and O–H groups in total. The lowest BCUT2D eigenvalue weighted by molar-refractivity contribution is -0.141. The van der Waals surface area contributed by atoms with Gasteiger partial charge in [-0.25, -0.2) is 4.79 Å². The van der Waals surface area contributed by atoms with Gasteiger partial charge in [-0.2, -0.15) is 0 Å². The molecule has 0 spiro atoms. The van der Waals surface area contributed by atoms with E-state index in [1.54, 1.807) is 12.1 Å². The number of esters is 1. The van der Waals surface area contributed by atoms with Crippen molar-refractivity contribution in [1.29, 1.82) is 0 Å². The molecule has 7 heteroatoms. The van der Waals surface area contributed by atoms with Crippen LogP contribution in [0.3, 0.4) is 0 Å². The van der Waals surface area contributed by atoms with Crippen molar-refractivity contribution >= 4 is 11.9 Å². The Hall–Kier alpha value is -1.86. The second-order valence-corrected chi connectivity index (χ2v) is 6.27. The van der Waals surface area contributed by atoms with Crippen LogP contribution >= 0.6 is 0 Å². The maximum atomic E-state index is 12.6. The summed E-state index contributed by atoms with van der Waals surface area (Å²) in [5, 5.41) is 0. The van der Waals surface area contributed by atoms with Gasteiger partial charge in [0, 0.05) is 19.6 Å². The van der Waals surface area contributed by atoms with Crippen molar-refractivity contribution in [2.45, 2.75) is 19.4 Å². The van der Waals surface area contributed by atoms with Crippen LogP contribution in [0.5, 0.6) is 0 Å². The minimum Gasteiger partial charge on any atom is -0.463 e. The zero-order chi connectivity index (χ0) is 16.9. The lowest BCUT2D eigenvalue weighted by atomic mass is 9.96. The molecule has 1 aromatic heterocycles. The van der Waals surface area contributed by atoms with Crippen molar-refractivity contribution in [1.82, 2.24) is 9.80 Å². The van der Waals surface area contributed by atoms with Crippen molar-refractivity contribution in [3.63, 3.8) is 0 Å². The van der Waals surface area contributed by atoms with Crippen LogP contribution in [0.4, 0.5) is 0 Å². The van der Waals surface area contributed by atoms with Gasteiger partial charge >= 0.3 is 5.97 Å². The number of ether oxygens (including phenoxy) is 2. The summed E-state index contributed by atoms with van der Waals surface area (Å²) in [7, 11) is 1.33. The molecule has 0 aromatic carbocycles. The van der Waals surface area contributed by atoms with Gasteiger partial charge in [-0.1, -0.05) is 0 Å². The molecule has 132 valence electrons. The smallest absolute Gasteiger partial charge is 0.373 e. The number of hydrogen-bond donors (Lipinski definition) is 0. The summed E-state index contributed by atoms with van der Waals surface area (Å²) >= 11 is 0. The fraction of sp³-hybridized carbons (Fsp3) is 0.647. The number of carbonyl (C=O) groups is 2. The first kappa shape index (κ1) is 17.0. The van der Waals surface area contributed by atoms with Gasteiger partial charge in [0.15, 0.2) is 0 Å². The topological polar surface area (TPSA) is 72.2 Å². The summed E-state index contributed by atoms with van der Waals surface area (Å²) in [6, 6.07) is 3.42. The third-order valence-electron chi connectivity index (χ3n) is 4.61. The summed E-state index contributed by atoms with van der Waals surface area (Å²) < 4.78 is 15.5. The fourth-order valence-corrected chi connectivity index (χ4v) is 3.34. The molecule has 1 unspecified atom stereocenters. The number of piperidine rings is 1. The van der Waals surface area contributed by atoms with Crippen LogP contribution in [0.2, 0.25) is 0 Å². The van der Waals surface area contributed by atoms with E-state index in [2.05, 4.69) is 9.64 Å². The van der Waals surface area contributed by atoms with E-state index in [-0.39, 0.29) is 17.6 Å². The first-order valence-corrected chi connectivity index (χ1v) is 8.43. The van der Waals surface area contributed by atoms with E-state index in [1.165, 1.54) is 7.11 Å². The van der Waals surface area contributed by atoms with Gasteiger partial charge in [0.05, 0.1) is 32.8 Å². The maximum absolute atomic E-state index is 12.6. The van der Waals surface area contributed by atoms with Crippen LogP contribution in [-0.4, -0.2) is 68.2 Å². The van der Waals surface area contributed by atoms with E-state index >= 15 is 0 Å². The summed E-state index contributed by atoms with van der Waals surface area (Å²) in [6.07, 6.45) is 1.92. The zero-order valence-corrected chi connectivity index (χ0v) is 14.0. The predicted molar refractivity (Wildman–Crippen MR) is 85.4 cm³/mol. The van der Waals surface area contributed by atoms with Crippen molar-refractivity contribution < 1.29 is 23.5 Å². The van der Waals surface area contributed by atoms with E-state index in [1.807, 2.05) is 4.90 Å². The number of rotatable bonds is 4. The molecule has 1 atom stereocenters. The highest BCUT2D eigenvalue weighted by molar-refractivity contribution is 5.86. The Morgan fingerprint density at radius 2 is 2.04 bits per heavy atom. The summed E-state index contributed by atoms with van der Waals surface area (Å²) in [4.78, 5) is 28.2. The molecule has 2 aliphatic heterocycles. The van der Waals surface area contributed by atoms with Crippen LogP contribution < -0.4 is 0 Å². The Morgan fingerprint density at radius 1 is 1.25 bits per heavy atom. The average Bonchev–Trinajstić information content (AvgIpc) is 3.10. The van der Waals surface area contributed by atoms with Crippen LogP contribution in [0, 0.1) is 5.92 Å². The molecule has 2 aliphatic rings.